The number of thiazole rings is 1. The minimum atomic E-state index is -4.60. The summed E-state index contributed by atoms with van der Waals surface area (Å²) < 4.78 is 51.1. The van der Waals surface area contributed by atoms with Gasteiger partial charge in [-0.1, -0.05) is 15.9 Å². The molecule has 1 aromatic carbocycles. The van der Waals surface area contributed by atoms with Crippen LogP contribution in [0.2, 0.25) is 0 Å². The van der Waals surface area contributed by atoms with Gasteiger partial charge in [0.15, 0.2) is 5.13 Å². The lowest BCUT2D eigenvalue weighted by atomic mass is 10.1. The Bertz CT molecular complexity index is 672. The predicted molar refractivity (Wildman–Crippen MR) is 74.9 cm³/mol. The zero-order valence-corrected chi connectivity index (χ0v) is 12.6. The van der Waals surface area contributed by atoms with Gasteiger partial charge in [0.2, 0.25) is 5.91 Å². The van der Waals surface area contributed by atoms with Gasteiger partial charge in [0, 0.05) is 10.9 Å². The maximum atomic E-state index is 13.8. The molecule has 3 nitrogen and oxygen atoms in total. The predicted octanol–water partition coefficient (Wildman–Crippen LogP) is 4.30. The number of rotatable bonds is 3. The van der Waals surface area contributed by atoms with Crippen LogP contribution in [-0.4, -0.2) is 16.2 Å². The first kappa shape index (κ1) is 15.9. The highest BCUT2D eigenvalue weighted by atomic mass is 79.9. The normalized spacial score (nSPS) is 11.5. The maximum Gasteiger partial charge on any atom is 0.416 e. The van der Waals surface area contributed by atoms with E-state index in [0.717, 1.165) is 23.5 Å². The third-order valence-electron chi connectivity index (χ3n) is 2.44. The summed E-state index contributed by atoms with van der Waals surface area (Å²) in [6, 6.07) is 2.23. The number of hydrogen-bond acceptors (Lipinski definition) is 3. The van der Waals surface area contributed by atoms with Gasteiger partial charge in [-0.25, -0.2) is 9.37 Å². The minimum Gasteiger partial charge on any atom is -0.301 e. The molecule has 21 heavy (non-hydrogen) atoms. The molecule has 112 valence electrons. The first-order chi connectivity index (χ1) is 9.81. The monoisotopic (exact) mass is 382 g/mol. The summed E-state index contributed by atoms with van der Waals surface area (Å²) in [6.45, 7) is 0. The van der Waals surface area contributed by atoms with Crippen LogP contribution in [0.15, 0.2) is 23.6 Å². The quantitative estimate of drug-likeness (QED) is 0.635. The number of alkyl halides is 4. The molecule has 2 aromatic rings. The fourth-order valence-electron chi connectivity index (χ4n) is 1.51. The van der Waals surface area contributed by atoms with Gasteiger partial charge >= 0.3 is 6.18 Å². The Morgan fingerprint density at radius 3 is 2.67 bits per heavy atom. The lowest BCUT2D eigenvalue weighted by Gasteiger charge is -2.07. The summed E-state index contributed by atoms with van der Waals surface area (Å²) in [7, 11) is 0. The Hall–Kier alpha value is -1.48. The average Bonchev–Trinajstić information content (AvgIpc) is 2.85. The zero-order chi connectivity index (χ0) is 15.6. The number of nitrogens with one attached hydrogen (secondary N) is 1. The molecular weight excluding hydrogens is 376 g/mol. The lowest BCUT2D eigenvalue weighted by molar-refractivity contribution is -0.137. The molecule has 1 aromatic heterocycles. The highest BCUT2D eigenvalue weighted by Gasteiger charge is 2.31. The van der Waals surface area contributed by atoms with Crippen molar-refractivity contribution in [3.8, 4) is 11.3 Å². The maximum absolute atomic E-state index is 13.8. The molecule has 9 heteroatoms. The topological polar surface area (TPSA) is 42.0 Å². The Labute approximate surface area is 129 Å². The summed E-state index contributed by atoms with van der Waals surface area (Å²) in [6.07, 6.45) is -4.60. The van der Waals surface area contributed by atoms with Crippen LogP contribution in [0.4, 0.5) is 22.7 Å². The van der Waals surface area contributed by atoms with Crippen LogP contribution in [0.3, 0.4) is 0 Å². The van der Waals surface area contributed by atoms with Gasteiger partial charge < -0.3 is 5.32 Å². The van der Waals surface area contributed by atoms with Crippen LogP contribution in [0.25, 0.3) is 11.3 Å². The van der Waals surface area contributed by atoms with Crippen molar-refractivity contribution in [1.82, 2.24) is 4.98 Å². The van der Waals surface area contributed by atoms with E-state index in [-0.39, 0.29) is 27.6 Å². The Morgan fingerprint density at radius 2 is 2.10 bits per heavy atom. The second-order valence-electron chi connectivity index (χ2n) is 3.91. The van der Waals surface area contributed by atoms with Crippen LogP contribution in [-0.2, 0) is 11.0 Å². The Balaban J connectivity index is 2.29. The molecule has 0 atom stereocenters. The standard InChI is InChI=1S/C12H7BrF4N2OS/c13-4-10(20)19-11-18-9(5-21-11)7-2-1-6(3-8(7)14)12(15,16)17/h1-3,5H,4H2,(H,18,19,20). The second-order valence-corrected chi connectivity index (χ2v) is 5.33. The van der Waals surface area contributed by atoms with Crippen molar-refractivity contribution in [1.29, 1.82) is 0 Å². The van der Waals surface area contributed by atoms with E-state index in [0.29, 0.717) is 6.07 Å². The number of hydrogen-bond donors (Lipinski definition) is 1. The SMILES string of the molecule is O=C(CBr)Nc1nc(-c2ccc(C(F)(F)F)cc2F)cs1. The molecule has 0 aliphatic rings. The minimum absolute atomic E-state index is 0.0569. The van der Waals surface area contributed by atoms with E-state index in [9.17, 15) is 22.4 Å². The second kappa shape index (κ2) is 6.10. The molecule has 0 bridgehead atoms. The fraction of sp³-hybridized carbons (Fsp3) is 0.167. The first-order valence-electron chi connectivity index (χ1n) is 5.49. The van der Waals surface area contributed by atoms with Crippen molar-refractivity contribution in [3.63, 3.8) is 0 Å². The molecule has 1 heterocycles. The fourth-order valence-corrected chi connectivity index (χ4v) is 2.37. The van der Waals surface area contributed by atoms with E-state index in [1.165, 1.54) is 5.38 Å². The van der Waals surface area contributed by atoms with Crippen LogP contribution in [0, 0.1) is 5.82 Å². The van der Waals surface area contributed by atoms with Crippen molar-refractivity contribution in [2.75, 3.05) is 10.6 Å². The molecule has 0 spiro atoms. The van der Waals surface area contributed by atoms with Crippen molar-refractivity contribution in [2.24, 2.45) is 0 Å². The van der Waals surface area contributed by atoms with Gasteiger partial charge in [-0.2, -0.15) is 13.2 Å². The van der Waals surface area contributed by atoms with Crippen molar-refractivity contribution >= 4 is 38.3 Å². The number of carbonyl (C=O) groups is 1. The molecule has 0 fully saturated rings. The molecule has 0 unspecified atom stereocenters. The summed E-state index contributed by atoms with van der Waals surface area (Å²) >= 11 is 4.01. The smallest absolute Gasteiger partial charge is 0.301 e. The van der Waals surface area contributed by atoms with Gasteiger partial charge in [-0.15, -0.1) is 11.3 Å². The molecule has 2 rings (SSSR count). The van der Waals surface area contributed by atoms with E-state index >= 15 is 0 Å². The van der Waals surface area contributed by atoms with E-state index < -0.39 is 17.6 Å². The molecule has 0 radical (unpaired) electrons. The molecule has 0 saturated heterocycles. The molecule has 0 saturated carbocycles. The molecule has 0 aliphatic carbocycles. The van der Waals surface area contributed by atoms with Crippen molar-refractivity contribution in [3.05, 3.63) is 35.0 Å². The van der Waals surface area contributed by atoms with Gasteiger partial charge in [0.1, 0.15) is 5.82 Å². The van der Waals surface area contributed by atoms with Crippen molar-refractivity contribution in [2.45, 2.75) is 6.18 Å². The van der Waals surface area contributed by atoms with Crippen LogP contribution >= 0.6 is 27.3 Å². The number of carbonyl (C=O) groups excluding carboxylic acids is 1. The first-order valence-corrected chi connectivity index (χ1v) is 7.50. The van der Waals surface area contributed by atoms with Crippen molar-refractivity contribution < 1.29 is 22.4 Å². The number of nitrogens with zero attached hydrogens (tertiary/aromatic N) is 1. The van der Waals surface area contributed by atoms with E-state index in [4.69, 9.17) is 0 Å². The molecular formula is C12H7BrF4N2OS. The van der Waals surface area contributed by atoms with Gasteiger partial charge in [-0.3, -0.25) is 4.79 Å². The van der Waals surface area contributed by atoms with E-state index in [1.807, 2.05) is 0 Å². The molecule has 1 N–H and O–H groups in total. The number of amides is 1. The largest absolute Gasteiger partial charge is 0.416 e. The third kappa shape index (κ3) is 3.79. The zero-order valence-electron chi connectivity index (χ0n) is 10.2. The summed E-state index contributed by atoms with van der Waals surface area (Å²) in [5, 5.41) is 4.23. The lowest BCUT2D eigenvalue weighted by Crippen LogP contribution is -2.11. The number of halogens is 5. The number of anilines is 1. The van der Waals surface area contributed by atoms with Gasteiger partial charge in [-0.05, 0) is 18.2 Å². The van der Waals surface area contributed by atoms with Gasteiger partial charge in [0.05, 0.1) is 16.6 Å². The molecule has 1 amide bonds. The average molecular weight is 383 g/mol. The highest BCUT2D eigenvalue weighted by molar-refractivity contribution is 9.09. The summed E-state index contributed by atoms with van der Waals surface area (Å²) in [4.78, 5) is 15.1. The van der Waals surface area contributed by atoms with Crippen LogP contribution in [0.1, 0.15) is 5.56 Å². The van der Waals surface area contributed by atoms with E-state index in [2.05, 4.69) is 26.2 Å². The van der Waals surface area contributed by atoms with Gasteiger partial charge in [0.25, 0.3) is 0 Å². The number of aromatic nitrogens is 1. The Morgan fingerprint density at radius 1 is 1.38 bits per heavy atom. The summed E-state index contributed by atoms with van der Waals surface area (Å²) in [5.74, 6) is -1.35. The highest BCUT2D eigenvalue weighted by Crippen LogP contribution is 2.33. The Kier molecular flexibility index (Phi) is 4.62. The number of benzene rings is 1. The van der Waals surface area contributed by atoms with E-state index in [1.54, 1.807) is 0 Å². The molecule has 0 aliphatic heterocycles. The van der Waals surface area contributed by atoms with Crippen LogP contribution < -0.4 is 5.32 Å². The third-order valence-corrected chi connectivity index (χ3v) is 3.71. The summed E-state index contributed by atoms with van der Waals surface area (Å²) in [5.41, 5.74) is -0.957. The van der Waals surface area contributed by atoms with Crippen LogP contribution in [0.5, 0.6) is 0 Å².